The van der Waals surface area contributed by atoms with E-state index in [1.165, 1.54) is 6.33 Å². The Balaban J connectivity index is 1.63. The number of ether oxygens (including phenoxy) is 2. The van der Waals surface area contributed by atoms with E-state index >= 15 is 0 Å². The number of hydrogen-bond acceptors (Lipinski definition) is 8. The molecule has 1 aliphatic heterocycles. The second kappa shape index (κ2) is 7.84. The van der Waals surface area contributed by atoms with Crippen LogP contribution in [0, 0.1) is 10.1 Å². The molecule has 0 radical (unpaired) electrons. The SMILES string of the molecule is CC1CN(c2ncnc(Oc3ccc(-n4ccnc4)cc3)c2[N+](=O)[O-])CC(C)O1. The fourth-order valence-corrected chi connectivity index (χ4v) is 3.38. The molecule has 1 fully saturated rings. The van der Waals surface area contributed by atoms with Crippen LogP contribution in [0.4, 0.5) is 11.5 Å². The molecule has 0 saturated carbocycles. The summed E-state index contributed by atoms with van der Waals surface area (Å²) < 4.78 is 13.3. The topological polar surface area (TPSA) is 108 Å². The van der Waals surface area contributed by atoms with Crippen LogP contribution >= 0.6 is 0 Å². The zero-order valence-electron chi connectivity index (χ0n) is 16.0. The Hall–Kier alpha value is -3.53. The summed E-state index contributed by atoms with van der Waals surface area (Å²) in [5.74, 6) is 0.574. The maximum Gasteiger partial charge on any atom is 0.373 e. The lowest BCUT2D eigenvalue weighted by molar-refractivity contribution is -0.385. The van der Waals surface area contributed by atoms with E-state index in [0.717, 1.165) is 5.69 Å². The average molecular weight is 396 g/mol. The summed E-state index contributed by atoms with van der Waals surface area (Å²) in [4.78, 5) is 25.4. The van der Waals surface area contributed by atoms with E-state index in [4.69, 9.17) is 9.47 Å². The first-order valence-electron chi connectivity index (χ1n) is 9.17. The molecule has 150 valence electrons. The molecule has 0 spiro atoms. The van der Waals surface area contributed by atoms with Gasteiger partial charge in [0.25, 0.3) is 0 Å². The highest BCUT2D eigenvalue weighted by Crippen LogP contribution is 2.37. The number of anilines is 1. The maximum atomic E-state index is 11.8. The van der Waals surface area contributed by atoms with Crippen LogP contribution in [-0.4, -0.2) is 49.7 Å². The van der Waals surface area contributed by atoms with Crippen molar-refractivity contribution in [3.05, 3.63) is 59.4 Å². The van der Waals surface area contributed by atoms with Crippen molar-refractivity contribution in [1.82, 2.24) is 19.5 Å². The van der Waals surface area contributed by atoms with Crippen molar-refractivity contribution in [2.75, 3.05) is 18.0 Å². The van der Waals surface area contributed by atoms with Gasteiger partial charge in [-0.2, -0.15) is 4.98 Å². The third-order valence-corrected chi connectivity index (χ3v) is 4.52. The fraction of sp³-hybridized carbons (Fsp3) is 0.316. The number of rotatable bonds is 5. The third-order valence-electron chi connectivity index (χ3n) is 4.52. The van der Waals surface area contributed by atoms with Gasteiger partial charge in [0.1, 0.15) is 12.1 Å². The van der Waals surface area contributed by atoms with E-state index < -0.39 is 4.92 Å². The molecule has 0 bridgehead atoms. The molecule has 0 amide bonds. The third kappa shape index (κ3) is 4.02. The van der Waals surface area contributed by atoms with E-state index in [-0.39, 0.29) is 29.6 Å². The highest BCUT2D eigenvalue weighted by molar-refractivity contribution is 5.63. The second-order valence-corrected chi connectivity index (χ2v) is 6.84. The fourth-order valence-electron chi connectivity index (χ4n) is 3.38. The van der Waals surface area contributed by atoms with Gasteiger partial charge in [-0.15, -0.1) is 0 Å². The van der Waals surface area contributed by atoms with Gasteiger partial charge in [-0.1, -0.05) is 0 Å². The number of aromatic nitrogens is 4. The Labute approximate surface area is 166 Å². The van der Waals surface area contributed by atoms with Crippen LogP contribution < -0.4 is 9.64 Å². The monoisotopic (exact) mass is 396 g/mol. The lowest BCUT2D eigenvalue weighted by atomic mass is 10.2. The molecule has 10 heteroatoms. The summed E-state index contributed by atoms with van der Waals surface area (Å²) in [5.41, 5.74) is 0.636. The highest BCUT2D eigenvalue weighted by atomic mass is 16.6. The Bertz CT molecular complexity index is 982. The van der Waals surface area contributed by atoms with Gasteiger partial charge in [-0.3, -0.25) is 10.1 Å². The van der Waals surface area contributed by atoms with Crippen LogP contribution in [0.3, 0.4) is 0 Å². The molecule has 3 aromatic rings. The van der Waals surface area contributed by atoms with E-state index in [0.29, 0.717) is 18.8 Å². The van der Waals surface area contributed by atoms with Crippen molar-refractivity contribution in [2.45, 2.75) is 26.1 Å². The number of morpholine rings is 1. The van der Waals surface area contributed by atoms with Gasteiger partial charge in [0.2, 0.25) is 5.82 Å². The molecule has 2 aromatic heterocycles. The minimum Gasteiger partial charge on any atom is -0.434 e. The van der Waals surface area contributed by atoms with Gasteiger partial charge in [-0.05, 0) is 38.1 Å². The Morgan fingerprint density at radius 3 is 2.52 bits per heavy atom. The van der Waals surface area contributed by atoms with Crippen molar-refractivity contribution >= 4 is 11.5 Å². The van der Waals surface area contributed by atoms with Crippen LogP contribution in [0.1, 0.15) is 13.8 Å². The number of nitrogens with zero attached hydrogens (tertiary/aromatic N) is 6. The number of imidazole rings is 1. The number of benzene rings is 1. The number of nitro groups is 1. The first-order valence-corrected chi connectivity index (χ1v) is 9.17. The minimum absolute atomic E-state index is 0.0617. The molecular weight excluding hydrogens is 376 g/mol. The molecule has 1 aliphatic rings. The van der Waals surface area contributed by atoms with Crippen molar-refractivity contribution in [2.24, 2.45) is 0 Å². The van der Waals surface area contributed by atoms with Gasteiger partial charge >= 0.3 is 11.6 Å². The van der Waals surface area contributed by atoms with Gasteiger partial charge in [0, 0.05) is 31.2 Å². The van der Waals surface area contributed by atoms with Crippen LogP contribution in [0.2, 0.25) is 0 Å². The van der Waals surface area contributed by atoms with Crippen molar-refractivity contribution < 1.29 is 14.4 Å². The molecule has 1 aromatic carbocycles. The van der Waals surface area contributed by atoms with E-state index in [2.05, 4.69) is 15.0 Å². The van der Waals surface area contributed by atoms with Crippen molar-refractivity contribution in [3.8, 4) is 17.3 Å². The Morgan fingerprint density at radius 1 is 1.17 bits per heavy atom. The summed E-state index contributed by atoms with van der Waals surface area (Å²) in [6.45, 7) is 4.85. The lowest BCUT2D eigenvalue weighted by Crippen LogP contribution is -2.46. The first kappa shape index (κ1) is 18.8. The molecule has 10 nitrogen and oxygen atoms in total. The van der Waals surface area contributed by atoms with E-state index in [9.17, 15) is 10.1 Å². The van der Waals surface area contributed by atoms with Gasteiger partial charge in [0.05, 0.1) is 23.5 Å². The van der Waals surface area contributed by atoms with Crippen LogP contribution in [-0.2, 0) is 4.74 Å². The number of hydrogen-bond donors (Lipinski definition) is 0. The van der Waals surface area contributed by atoms with Crippen LogP contribution in [0.25, 0.3) is 5.69 Å². The van der Waals surface area contributed by atoms with Gasteiger partial charge < -0.3 is 18.9 Å². The van der Waals surface area contributed by atoms with Crippen LogP contribution in [0.5, 0.6) is 11.6 Å². The summed E-state index contributed by atoms with van der Waals surface area (Å²) >= 11 is 0. The second-order valence-electron chi connectivity index (χ2n) is 6.84. The minimum atomic E-state index is -0.505. The predicted octanol–water partition coefficient (Wildman–Crippen LogP) is 2.98. The Morgan fingerprint density at radius 2 is 1.90 bits per heavy atom. The van der Waals surface area contributed by atoms with Crippen molar-refractivity contribution in [1.29, 1.82) is 0 Å². The molecule has 1 saturated heterocycles. The Kier molecular flexibility index (Phi) is 5.09. The molecule has 3 heterocycles. The zero-order valence-corrected chi connectivity index (χ0v) is 16.0. The smallest absolute Gasteiger partial charge is 0.373 e. The molecule has 0 aliphatic carbocycles. The lowest BCUT2D eigenvalue weighted by Gasteiger charge is -2.35. The summed E-state index contributed by atoms with van der Waals surface area (Å²) in [5, 5.41) is 11.8. The normalized spacial score (nSPS) is 19.2. The average Bonchev–Trinajstić information content (AvgIpc) is 3.22. The van der Waals surface area contributed by atoms with Crippen molar-refractivity contribution in [3.63, 3.8) is 0 Å². The molecule has 2 unspecified atom stereocenters. The maximum absolute atomic E-state index is 11.8. The quantitative estimate of drug-likeness (QED) is 0.478. The largest absolute Gasteiger partial charge is 0.434 e. The molecule has 0 N–H and O–H groups in total. The van der Waals surface area contributed by atoms with Crippen LogP contribution in [0.15, 0.2) is 49.3 Å². The summed E-state index contributed by atoms with van der Waals surface area (Å²) in [6, 6.07) is 7.10. The molecule has 4 rings (SSSR count). The van der Waals surface area contributed by atoms with Gasteiger partial charge in [0.15, 0.2) is 0 Å². The highest BCUT2D eigenvalue weighted by Gasteiger charge is 2.32. The van der Waals surface area contributed by atoms with E-state index in [1.54, 1.807) is 24.7 Å². The summed E-state index contributed by atoms with van der Waals surface area (Å²) in [7, 11) is 0. The zero-order chi connectivity index (χ0) is 20.4. The molecule has 2 atom stereocenters. The standard InChI is InChI=1S/C19H20N6O4/c1-13-9-24(10-14(2)28-13)18-17(25(26)27)19(22-11-21-18)29-16-5-3-15(4-6-16)23-8-7-20-12-23/h3-8,11-14H,9-10H2,1-2H3. The predicted molar refractivity (Wildman–Crippen MR) is 105 cm³/mol. The van der Waals surface area contributed by atoms with E-state index in [1.807, 2.05) is 41.6 Å². The molecular formula is C19H20N6O4. The summed E-state index contributed by atoms with van der Waals surface area (Å²) in [6.07, 6.45) is 6.34. The van der Waals surface area contributed by atoms with Gasteiger partial charge in [-0.25, -0.2) is 9.97 Å². The molecule has 29 heavy (non-hydrogen) atoms. The first-order chi connectivity index (χ1) is 14.0.